The van der Waals surface area contributed by atoms with Crippen LogP contribution in [0.25, 0.3) is 21.7 Å². The van der Waals surface area contributed by atoms with Gasteiger partial charge >= 0.3 is 0 Å². The third kappa shape index (κ3) is 2.76. The Bertz CT molecular complexity index is 1110. The standard InChI is InChI=1S/C18H12BrN3O2/c19-14-7-5-13-10-15(8-6-12(13)9-14)24-11-22-18(23)16-3-1-2-4-17(16)20-21-22/h1-10H,11H2. The van der Waals surface area contributed by atoms with E-state index in [-0.39, 0.29) is 12.3 Å². The molecular weight excluding hydrogens is 370 g/mol. The summed E-state index contributed by atoms with van der Waals surface area (Å²) in [5.74, 6) is 0.673. The normalized spacial score (nSPS) is 11.0. The number of hydrogen-bond donors (Lipinski definition) is 0. The van der Waals surface area contributed by atoms with Gasteiger partial charge in [-0.15, -0.1) is 5.10 Å². The van der Waals surface area contributed by atoms with Crippen molar-refractivity contribution in [1.29, 1.82) is 0 Å². The highest BCUT2D eigenvalue weighted by Gasteiger charge is 2.05. The van der Waals surface area contributed by atoms with Crippen molar-refractivity contribution in [3.8, 4) is 5.75 Å². The van der Waals surface area contributed by atoms with E-state index in [9.17, 15) is 4.79 Å². The fourth-order valence-corrected chi connectivity index (χ4v) is 2.91. The molecule has 24 heavy (non-hydrogen) atoms. The summed E-state index contributed by atoms with van der Waals surface area (Å²) in [4.78, 5) is 12.4. The summed E-state index contributed by atoms with van der Waals surface area (Å²) in [6.07, 6.45) is 0. The van der Waals surface area contributed by atoms with Crippen molar-refractivity contribution in [2.75, 3.05) is 0 Å². The topological polar surface area (TPSA) is 57.0 Å². The van der Waals surface area contributed by atoms with Crippen LogP contribution in [0.15, 0.2) is 69.9 Å². The molecule has 3 aromatic carbocycles. The number of ether oxygens (including phenoxy) is 1. The van der Waals surface area contributed by atoms with Crippen LogP contribution < -0.4 is 10.3 Å². The highest BCUT2D eigenvalue weighted by Crippen LogP contribution is 2.24. The van der Waals surface area contributed by atoms with Crippen LogP contribution in [0.1, 0.15) is 0 Å². The van der Waals surface area contributed by atoms with Crippen molar-refractivity contribution >= 4 is 37.6 Å². The summed E-state index contributed by atoms with van der Waals surface area (Å²) in [6, 6.07) is 18.9. The Kier molecular flexibility index (Phi) is 3.74. The van der Waals surface area contributed by atoms with Gasteiger partial charge in [0.15, 0.2) is 6.73 Å². The molecule has 0 radical (unpaired) electrons. The number of hydrogen-bond acceptors (Lipinski definition) is 4. The first kappa shape index (κ1) is 14.8. The maximum absolute atomic E-state index is 12.4. The molecule has 0 atom stereocenters. The number of rotatable bonds is 3. The third-order valence-corrected chi connectivity index (χ3v) is 4.25. The van der Waals surface area contributed by atoms with Crippen LogP contribution in [-0.2, 0) is 6.73 Å². The number of halogens is 1. The van der Waals surface area contributed by atoms with E-state index < -0.39 is 0 Å². The Morgan fingerprint density at radius 2 is 1.79 bits per heavy atom. The third-order valence-electron chi connectivity index (χ3n) is 3.76. The van der Waals surface area contributed by atoms with Gasteiger partial charge < -0.3 is 4.74 Å². The van der Waals surface area contributed by atoms with Crippen molar-refractivity contribution in [2.45, 2.75) is 6.73 Å². The molecule has 0 saturated carbocycles. The van der Waals surface area contributed by atoms with E-state index >= 15 is 0 Å². The second kappa shape index (κ2) is 6.05. The zero-order valence-electron chi connectivity index (χ0n) is 12.5. The fourth-order valence-electron chi connectivity index (χ4n) is 2.53. The number of aromatic nitrogens is 3. The van der Waals surface area contributed by atoms with Crippen molar-refractivity contribution < 1.29 is 4.74 Å². The maximum Gasteiger partial charge on any atom is 0.280 e. The average Bonchev–Trinajstić information content (AvgIpc) is 2.61. The lowest BCUT2D eigenvalue weighted by molar-refractivity contribution is 0.211. The van der Waals surface area contributed by atoms with Gasteiger partial charge in [0.1, 0.15) is 11.3 Å². The van der Waals surface area contributed by atoms with E-state index in [2.05, 4.69) is 26.2 Å². The van der Waals surface area contributed by atoms with Gasteiger partial charge in [-0.25, -0.2) is 0 Å². The van der Waals surface area contributed by atoms with Gasteiger partial charge in [0, 0.05) is 4.47 Å². The van der Waals surface area contributed by atoms with E-state index in [1.165, 1.54) is 4.68 Å². The van der Waals surface area contributed by atoms with Crippen LogP contribution in [0.5, 0.6) is 5.75 Å². The van der Waals surface area contributed by atoms with Crippen molar-refractivity contribution in [3.05, 3.63) is 75.5 Å². The van der Waals surface area contributed by atoms with Gasteiger partial charge in [0.2, 0.25) is 0 Å². The van der Waals surface area contributed by atoms with Gasteiger partial charge in [-0.1, -0.05) is 45.4 Å². The number of nitrogens with zero attached hydrogens (tertiary/aromatic N) is 3. The maximum atomic E-state index is 12.4. The molecule has 0 fully saturated rings. The summed E-state index contributed by atoms with van der Waals surface area (Å²) >= 11 is 3.46. The minimum absolute atomic E-state index is 0.0126. The molecule has 1 heterocycles. The molecule has 0 aliphatic carbocycles. The molecular formula is C18H12BrN3O2. The zero-order chi connectivity index (χ0) is 16.5. The van der Waals surface area contributed by atoms with E-state index in [0.717, 1.165) is 15.2 Å². The lowest BCUT2D eigenvalue weighted by Gasteiger charge is -2.08. The lowest BCUT2D eigenvalue weighted by atomic mass is 10.1. The Morgan fingerprint density at radius 1 is 1.00 bits per heavy atom. The highest BCUT2D eigenvalue weighted by molar-refractivity contribution is 9.10. The number of benzene rings is 3. The van der Waals surface area contributed by atoms with Crippen LogP contribution >= 0.6 is 15.9 Å². The largest absolute Gasteiger partial charge is 0.471 e. The van der Waals surface area contributed by atoms with Gasteiger partial charge in [-0.3, -0.25) is 4.79 Å². The molecule has 0 spiro atoms. The monoisotopic (exact) mass is 381 g/mol. The first-order valence-corrected chi connectivity index (χ1v) is 8.15. The minimum atomic E-state index is -0.217. The molecule has 118 valence electrons. The van der Waals surface area contributed by atoms with Crippen molar-refractivity contribution in [2.24, 2.45) is 0 Å². The second-order valence-electron chi connectivity index (χ2n) is 5.34. The Balaban J connectivity index is 1.62. The van der Waals surface area contributed by atoms with E-state index in [1.807, 2.05) is 42.5 Å². The van der Waals surface area contributed by atoms with E-state index in [0.29, 0.717) is 16.7 Å². The fraction of sp³-hybridized carbons (Fsp3) is 0.0556. The minimum Gasteiger partial charge on any atom is -0.471 e. The molecule has 1 aromatic heterocycles. The van der Waals surface area contributed by atoms with Crippen LogP contribution in [0.3, 0.4) is 0 Å². The molecule has 0 N–H and O–H groups in total. The van der Waals surface area contributed by atoms with Gasteiger partial charge in [0.05, 0.1) is 5.39 Å². The quantitative estimate of drug-likeness (QED) is 0.542. The molecule has 0 aliphatic rings. The predicted octanol–water partition coefficient (Wildman–Crippen LogP) is 3.74. The first-order valence-electron chi connectivity index (χ1n) is 7.35. The van der Waals surface area contributed by atoms with Crippen molar-refractivity contribution in [3.63, 3.8) is 0 Å². The Hall–Kier alpha value is -2.73. The smallest absolute Gasteiger partial charge is 0.280 e. The molecule has 0 saturated heterocycles. The second-order valence-corrected chi connectivity index (χ2v) is 6.25. The molecule has 4 rings (SSSR count). The summed E-state index contributed by atoms with van der Waals surface area (Å²) in [5, 5.41) is 10.7. The van der Waals surface area contributed by atoms with Gasteiger partial charge in [-0.05, 0) is 47.2 Å². The molecule has 6 heteroatoms. The van der Waals surface area contributed by atoms with E-state index in [4.69, 9.17) is 4.74 Å². The highest BCUT2D eigenvalue weighted by atomic mass is 79.9. The Morgan fingerprint density at radius 3 is 2.71 bits per heavy atom. The molecule has 0 amide bonds. The molecule has 5 nitrogen and oxygen atoms in total. The van der Waals surface area contributed by atoms with Crippen molar-refractivity contribution in [1.82, 2.24) is 15.0 Å². The van der Waals surface area contributed by atoms with Crippen LogP contribution in [0.2, 0.25) is 0 Å². The number of fused-ring (bicyclic) bond motifs is 2. The van der Waals surface area contributed by atoms with Gasteiger partial charge in [-0.2, -0.15) is 4.68 Å². The van der Waals surface area contributed by atoms with Crippen LogP contribution in [0, 0.1) is 0 Å². The van der Waals surface area contributed by atoms with Gasteiger partial charge in [0.25, 0.3) is 5.56 Å². The summed E-state index contributed by atoms with van der Waals surface area (Å²) in [5.41, 5.74) is 0.361. The molecule has 0 aliphatic heterocycles. The SMILES string of the molecule is O=c1c2ccccc2nnn1COc1ccc2cc(Br)ccc2c1. The van der Waals surface area contributed by atoms with E-state index in [1.54, 1.807) is 18.2 Å². The molecule has 0 bridgehead atoms. The summed E-state index contributed by atoms with van der Waals surface area (Å²) < 4.78 is 7.95. The summed E-state index contributed by atoms with van der Waals surface area (Å²) in [7, 11) is 0. The predicted molar refractivity (Wildman–Crippen MR) is 96.1 cm³/mol. The first-order chi connectivity index (χ1) is 11.7. The lowest BCUT2D eigenvalue weighted by Crippen LogP contribution is -2.26. The van der Waals surface area contributed by atoms with Crippen LogP contribution in [-0.4, -0.2) is 15.0 Å². The average molecular weight is 382 g/mol. The molecule has 0 unspecified atom stereocenters. The summed E-state index contributed by atoms with van der Waals surface area (Å²) in [6.45, 7) is 0.0126. The zero-order valence-corrected chi connectivity index (χ0v) is 14.1. The Labute approximate surface area is 145 Å². The van der Waals surface area contributed by atoms with Crippen LogP contribution in [0.4, 0.5) is 0 Å². The molecule has 4 aromatic rings.